The zero-order valence-electron chi connectivity index (χ0n) is 20.2. The lowest BCUT2D eigenvalue weighted by Gasteiger charge is -2.25. The molecule has 1 aromatic carbocycles. The minimum Gasteiger partial charge on any atom is -0.508 e. The number of aliphatic carboxylic acids is 1. The van der Waals surface area contributed by atoms with E-state index in [4.69, 9.17) is 5.73 Å². The standard InChI is InChI=1S/C23H36N4O7S/c1-4-13(2)19(24)22(32)26-17(11-14-5-7-15(29)8-6-14)20(30)27-18(12-28)21(31)25-16(23(33)34)9-10-35-3/h5-8,13,16-19,28-29H,4,9-12,24H2,1-3H3,(H,25,31)(H,26,32)(H,27,30)(H,33,34). The normalized spacial score (nSPS) is 15.2. The van der Waals surface area contributed by atoms with Crippen molar-refractivity contribution in [3.8, 4) is 5.75 Å². The average molecular weight is 513 g/mol. The van der Waals surface area contributed by atoms with Gasteiger partial charge in [0.15, 0.2) is 0 Å². The van der Waals surface area contributed by atoms with Crippen LogP contribution in [0.2, 0.25) is 0 Å². The highest BCUT2D eigenvalue weighted by atomic mass is 32.2. The van der Waals surface area contributed by atoms with Crippen LogP contribution in [0, 0.1) is 5.92 Å². The number of carboxylic acids is 1. The van der Waals surface area contributed by atoms with Crippen molar-refractivity contribution in [3.63, 3.8) is 0 Å². The Morgan fingerprint density at radius 2 is 1.51 bits per heavy atom. The molecule has 0 aromatic heterocycles. The van der Waals surface area contributed by atoms with Gasteiger partial charge in [-0.15, -0.1) is 0 Å². The summed E-state index contributed by atoms with van der Waals surface area (Å²) < 4.78 is 0. The third-order valence-corrected chi connectivity index (χ3v) is 6.25. The molecule has 0 aliphatic rings. The van der Waals surface area contributed by atoms with Gasteiger partial charge in [-0.2, -0.15) is 11.8 Å². The van der Waals surface area contributed by atoms with Gasteiger partial charge in [0.25, 0.3) is 0 Å². The van der Waals surface area contributed by atoms with Gasteiger partial charge in [0.2, 0.25) is 17.7 Å². The van der Waals surface area contributed by atoms with Crippen molar-refractivity contribution in [3.05, 3.63) is 29.8 Å². The molecule has 5 unspecified atom stereocenters. The van der Waals surface area contributed by atoms with Crippen LogP contribution in [0.25, 0.3) is 0 Å². The quantitative estimate of drug-likeness (QED) is 0.164. The van der Waals surface area contributed by atoms with Gasteiger partial charge in [-0.3, -0.25) is 14.4 Å². The smallest absolute Gasteiger partial charge is 0.326 e. The van der Waals surface area contributed by atoms with E-state index in [9.17, 15) is 34.5 Å². The number of benzene rings is 1. The molecule has 0 fully saturated rings. The van der Waals surface area contributed by atoms with Gasteiger partial charge in [0.05, 0.1) is 12.6 Å². The van der Waals surface area contributed by atoms with Crippen LogP contribution in [0.15, 0.2) is 24.3 Å². The second-order valence-corrected chi connectivity index (χ2v) is 9.25. The lowest BCUT2D eigenvalue weighted by Crippen LogP contribution is -2.59. The highest BCUT2D eigenvalue weighted by Gasteiger charge is 2.30. The van der Waals surface area contributed by atoms with Crippen LogP contribution >= 0.6 is 11.8 Å². The molecular formula is C23H36N4O7S. The van der Waals surface area contributed by atoms with E-state index in [0.29, 0.717) is 17.7 Å². The van der Waals surface area contributed by atoms with E-state index in [0.717, 1.165) is 0 Å². The maximum absolute atomic E-state index is 13.1. The Kier molecular flexibility index (Phi) is 13.1. The van der Waals surface area contributed by atoms with Gasteiger partial charge < -0.3 is 37.0 Å². The molecule has 0 aliphatic heterocycles. The summed E-state index contributed by atoms with van der Waals surface area (Å²) in [5, 5.41) is 35.8. The van der Waals surface area contributed by atoms with Crippen molar-refractivity contribution < 1.29 is 34.5 Å². The fraction of sp³-hybridized carbons (Fsp3) is 0.565. The molecule has 1 rings (SSSR count). The second-order valence-electron chi connectivity index (χ2n) is 8.27. The predicted octanol–water partition coefficient (Wildman–Crippen LogP) is -0.407. The SMILES string of the molecule is CCC(C)C(N)C(=O)NC(Cc1ccc(O)cc1)C(=O)NC(CO)C(=O)NC(CCSC)C(=O)O. The van der Waals surface area contributed by atoms with Crippen LogP contribution < -0.4 is 21.7 Å². The van der Waals surface area contributed by atoms with E-state index >= 15 is 0 Å². The van der Waals surface area contributed by atoms with Crippen molar-refractivity contribution in [2.45, 2.75) is 57.3 Å². The first kappa shape index (κ1) is 30.2. The number of aliphatic hydroxyl groups excluding tert-OH is 1. The van der Waals surface area contributed by atoms with Crippen LogP contribution in [0.1, 0.15) is 32.3 Å². The minimum absolute atomic E-state index is 0.0241. The molecule has 0 aliphatic carbocycles. The Morgan fingerprint density at radius 1 is 0.971 bits per heavy atom. The number of nitrogens with one attached hydrogen (secondary N) is 3. The number of carbonyl (C=O) groups is 4. The van der Waals surface area contributed by atoms with Gasteiger partial charge in [-0.1, -0.05) is 32.4 Å². The molecule has 0 saturated heterocycles. The summed E-state index contributed by atoms with van der Waals surface area (Å²) >= 11 is 1.42. The zero-order chi connectivity index (χ0) is 26.5. The number of amides is 3. The number of hydrogen-bond donors (Lipinski definition) is 7. The monoisotopic (exact) mass is 512 g/mol. The summed E-state index contributed by atoms with van der Waals surface area (Å²) in [5.41, 5.74) is 6.61. The lowest BCUT2D eigenvalue weighted by atomic mass is 9.98. The number of aromatic hydroxyl groups is 1. The zero-order valence-corrected chi connectivity index (χ0v) is 21.0. The van der Waals surface area contributed by atoms with Crippen molar-refractivity contribution in [1.82, 2.24) is 16.0 Å². The first-order chi connectivity index (χ1) is 16.5. The fourth-order valence-corrected chi connectivity index (χ4v) is 3.56. The van der Waals surface area contributed by atoms with Crippen LogP contribution in [0.5, 0.6) is 5.75 Å². The molecule has 11 nitrogen and oxygen atoms in total. The van der Waals surface area contributed by atoms with Gasteiger partial charge in [0, 0.05) is 6.42 Å². The van der Waals surface area contributed by atoms with Gasteiger partial charge in [0.1, 0.15) is 23.9 Å². The number of thioether (sulfide) groups is 1. The Labute approximate surface area is 209 Å². The fourth-order valence-electron chi connectivity index (χ4n) is 3.09. The molecule has 8 N–H and O–H groups in total. The maximum Gasteiger partial charge on any atom is 0.326 e. The number of nitrogens with two attached hydrogens (primary N) is 1. The van der Waals surface area contributed by atoms with E-state index < -0.39 is 54.5 Å². The molecule has 0 saturated carbocycles. The third kappa shape index (κ3) is 10.1. The highest BCUT2D eigenvalue weighted by molar-refractivity contribution is 7.98. The van der Waals surface area contributed by atoms with Gasteiger partial charge in [-0.05, 0) is 42.0 Å². The van der Waals surface area contributed by atoms with E-state index in [1.807, 2.05) is 6.92 Å². The van der Waals surface area contributed by atoms with E-state index in [1.165, 1.54) is 23.9 Å². The Balaban J connectivity index is 3.01. The lowest BCUT2D eigenvalue weighted by molar-refractivity contribution is -0.142. The van der Waals surface area contributed by atoms with Gasteiger partial charge in [-0.25, -0.2) is 4.79 Å². The third-order valence-electron chi connectivity index (χ3n) is 5.61. The number of hydrogen-bond acceptors (Lipinski definition) is 8. The molecule has 1 aromatic rings. The topological polar surface area (TPSA) is 191 Å². The van der Waals surface area contributed by atoms with Crippen molar-refractivity contribution in [2.75, 3.05) is 18.6 Å². The molecule has 196 valence electrons. The first-order valence-electron chi connectivity index (χ1n) is 11.3. The molecule has 0 spiro atoms. The summed E-state index contributed by atoms with van der Waals surface area (Å²) in [6, 6.07) is 1.41. The molecule has 0 heterocycles. The Hall–Kier alpha value is -2.83. The van der Waals surface area contributed by atoms with Crippen molar-refractivity contribution >= 4 is 35.5 Å². The minimum atomic E-state index is -1.43. The van der Waals surface area contributed by atoms with Gasteiger partial charge >= 0.3 is 5.97 Å². The average Bonchev–Trinajstić information content (AvgIpc) is 2.84. The summed E-state index contributed by atoms with van der Waals surface area (Å²) in [6.45, 7) is 2.91. The number of carbonyl (C=O) groups excluding carboxylic acids is 3. The summed E-state index contributed by atoms with van der Waals surface area (Å²) in [5.74, 6) is -3.02. The summed E-state index contributed by atoms with van der Waals surface area (Å²) in [4.78, 5) is 49.7. The molecule has 0 bridgehead atoms. The van der Waals surface area contributed by atoms with Crippen molar-refractivity contribution in [2.24, 2.45) is 11.7 Å². The van der Waals surface area contributed by atoms with Crippen LogP contribution in [0.3, 0.4) is 0 Å². The van der Waals surface area contributed by atoms with E-state index in [1.54, 1.807) is 25.3 Å². The number of aliphatic hydroxyl groups is 1. The number of phenolic OH excluding ortho intramolecular Hbond substituents is 1. The summed E-state index contributed by atoms with van der Waals surface area (Å²) in [6.07, 6.45) is 2.64. The number of carboxylic acid groups (broad SMARTS) is 1. The highest BCUT2D eigenvalue weighted by Crippen LogP contribution is 2.12. The molecule has 5 atom stereocenters. The molecular weight excluding hydrogens is 476 g/mol. The van der Waals surface area contributed by atoms with Crippen molar-refractivity contribution in [1.29, 1.82) is 0 Å². The van der Waals surface area contributed by atoms with Crippen LogP contribution in [-0.2, 0) is 25.6 Å². The number of phenols is 1. The van der Waals surface area contributed by atoms with Crippen LogP contribution in [-0.4, -0.2) is 81.8 Å². The van der Waals surface area contributed by atoms with E-state index in [2.05, 4.69) is 16.0 Å². The first-order valence-corrected chi connectivity index (χ1v) is 12.7. The number of rotatable bonds is 15. The second kappa shape index (κ2) is 15.2. The maximum atomic E-state index is 13.1. The predicted molar refractivity (Wildman–Crippen MR) is 133 cm³/mol. The molecule has 0 radical (unpaired) electrons. The largest absolute Gasteiger partial charge is 0.508 e. The molecule has 3 amide bonds. The Morgan fingerprint density at radius 3 is 2.03 bits per heavy atom. The summed E-state index contributed by atoms with van der Waals surface area (Å²) in [7, 11) is 0. The molecule has 12 heteroatoms. The van der Waals surface area contributed by atoms with Crippen LogP contribution in [0.4, 0.5) is 0 Å². The Bertz CT molecular complexity index is 853. The molecule has 35 heavy (non-hydrogen) atoms. The van der Waals surface area contributed by atoms with E-state index in [-0.39, 0.29) is 24.5 Å².